The van der Waals surface area contributed by atoms with E-state index in [0.29, 0.717) is 26.5 Å². The van der Waals surface area contributed by atoms with Gasteiger partial charge in [-0.1, -0.05) is 34.8 Å². The van der Waals surface area contributed by atoms with Crippen molar-refractivity contribution in [3.8, 4) is 5.75 Å². The van der Waals surface area contributed by atoms with Crippen LogP contribution in [0.1, 0.15) is 11.4 Å². The smallest absolute Gasteiger partial charge is 0.144 e. The summed E-state index contributed by atoms with van der Waals surface area (Å²) in [7, 11) is 1.80. The first-order chi connectivity index (χ1) is 8.90. The molecule has 1 aromatic carbocycles. The van der Waals surface area contributed by atoms with Gasteiger partial charge in [0.25, 0.3) is 0 Å². The van der Waals surface area contributed by atoms with Crippen LogP contribution in [-0.2, 0) is 13.7 Å². The molecule has 7 heteroatoms. The van der Waals surface area contributed by atoms with Crippen molar-refractivity contribution in [2.45, 2.75) is 13.5 Å². The van der Waals surface area contributed by atoms with Crippen LogP contribution in [0.3, 0.4) is 0 Å². The SMILES string of the molecule is Cc1nn(C)c(COc2cc(Cl)c(Cl)cc2N)c1Cl. The van der Waals surface area contributed by atoms with Crippen LogP contribution in [0.15, 0.2) is 12.1 Å². The fourth-order valence-electron chi connectivity index (χ4n) is 1.65. The van der Waals surface area contributed by atoms with E-state index in [1.807, 2.05) is 6.92 Å². The molecule has 0 fully saturated rings. The molecule has 1 heterocycles. The maximum absolute atomic E-state index is 6.13. The van der Waals surface area contributed by atoms with E-state index in [1.165, 1.54) is 0 Å². The van der Waals surface area contributed by atoms with Gasteiger partial charge in [-0.05, 0) is 13.0 Å². The van der Waals surface area contributed by atoms with Gasteiger partial charge < -0.3 is 10.5 Å². The van der Waals surface area contributed by atoms with Crippen molar-refractivity contribution in [2.75, 3.05) is 5.73 Å². The Bertz CT molecular complexity index is 625. The molecule has 2 rings (SSSR count). The van der Waals surface area contributed by atoms with Crippen molar-refractivity contribution in [3.05, 3.63) is 38.6 Å². The van der Waals surface area contributed by atoms with E-state index in [0.717, 1.165) is 11.4 Å². The number of nitrogens with two attached hydrogens (primary N) is 1. The molecule has 0 aliphatic heterocycles. The van der Waals surface area contributed by atoms with Crippen LogP contribution < -0.4 is 10.5 Å². The highest BCUT2D eigenvalue weighted by molar-refractivity contribution is 6.42. The monoisotopic (exact) mass is 319 g/mol. The number of nitrogens with zero attached hydrogens (tertiary/aromatic N) is 2. The molecule has 0 atom stereocenters. The minimum atomic E-state index is 0.248. The Kier molecular flexibility index (Phi) is 4.13. The fourth-order valence-corrected chi connectivity index (χ4v) is 2.19. The zero-order valence-corrected chi connectivity index (χ0v) is 12.6. The minimum absolute atomic E-state index is 0.248. The van der Waals surface area contributed by atoms with Crippen molar-refractivity contribution in [1.82, 2.24) is 9.78 Å². The van der Waals surface area contributed by atoms with Crippen LogP contribution in [0.5, 0.6) is 5.75 Å². The van der Waals surface area contributed by atoms with Gasteiger partial charge in [0.2, 0.25) is 0 Å². The number of anilines is 1. The molecular formula is C12H12Cl3N3O. The number of aromatic nitrogens is 2. The average molecular weight is 321 g/mol. The zero-order chi connectivity index (χ0) is 14.2. The van der Waals surface area contributed by atoms with Crippen molar-refractivity contribution in [2.24, 2.45) is 7.05 Å². The zero-order valence-electron chi connectivity index (χ0n) is 10.4. The minimum Gasteiger partial charge on any atom is -0.485 e. The molecule has 0 saturated carbocycles. The van der Waals surface area contributed by atoms with E-state index in [2.05, 4.69) is 5.10 Å². The van der Waals surface area contributed by atoms with Crippen molar-refractivity contribution < 1.29 is 4.74 Å². The lowest BCUT2D eigenvalue weighted by molar-refractivity contribution is 0.296. The van der Waals surface area contributed by atoms with Crippen LogP contribution in [0.4, 0.5) is 5.69 Å². The summed E-state index contributed by atoms with van der Waals surface area (Å²) in [5.41, 5.74) is 7.76. The summed E-state index contributed by atoms with van der Waals surface area (Å²) in [5.74, 6) is 0.462. The summed E-state index contributed by atoms with van der Waals surface area (Å²) in [6.07, 6.45) is 0. The normalized spacial score (nSPS) is 10.8. The third-order valence-corrected chi connectivity index (χ3v) is 3.89. The fraction of sp³-hybridized carbons (Fsp3) is 0.250. The molecule has 19 heavy (non-hydrogen) atoms. The molecule has 2 N–H and O–H groups in total. The lowest BCUT2D eigenvalue weighted by Gasteiger charge is -2.10. The topological polar surface area (TPSA) is 53.1 Å². The lowest BCUT2D eigenvalue weighted by Crippen LogP contribution is -2.05. The van der Waals surface area contributed by atoms with Gasteiger partial charge in [-0.25, -0.2) is 0 Å². The molecule has 0 amide bonds. The quantitative estimate of drug-likeness (QED) is 0.874. The Balaban J connectivity index is 2.21. The Morgan fingerprint density at radius 1 is 1.26 bits per heavy atom. The molecule has 0 aliphatic rings. The Morgan fingerprint density at radius 2 is 1.89 bits per heavy atom. The summed E-state index contributed by atoms with van der Waals surface area (Å²) >= 11 is 17.9. The number of halogens is 3. The first kappa shape index (κ1) is 14.3. The summed E-state index contributed by atoms with van der Waals surface area (Å²) in [4.78, 5) is 0. The van der Waals surface area contributed by atoms with E-state index in [1.54, 1.807) is 23.9 Å². The number of ether oxygens (including phenoxy) is 1. The summed E-state index contributed by atoms with van der Waals surface area (Å²) in [5, 5.41) is 5.56. The first-order valence-electron chi connectivity index (χ1n) is 5.45. The molecule has 0 radical (unpaired) electrons. The van der Waals surface area contributed by atoms with Gasteiger partial charge in [-0.15, -0.1) is 0 Å². The lowest BCUT2D eigenvalue weighted by atomic mass is 10.3. The highest BCUT2D eigenvalue weighted by atomic mass is 35.5. The second-order valence-corrected chi connectivity index (χ2v) is 5.25. The number of rotatable bonds is 3. The van der Waals surface area contributed by atoms with E-state index in [-0.39, 0.29) is 6.61 Å². The molecule has 102 valence electrons. The van der Waals surface area contributed by atoms with Crippen LogP contribution in [0.2, 0.25) is 15.1 Å². The van der Waals surface area contributed by atoms with Crippen LogP contribution in [-0.4, -0.2) is 9.78 Å². The summed E-state index contributed by atoms with van der Waals surface area (Å²) < 4.78 is 7.29. The Labute approximate surface area is 126 Å². The molecule has 2 aromatic rings. The maximum Gasteiger partial charge on any atom is 0.144 e. The second-order valence-electron chi connectivity index (χ2n) is 4.06. The van der Waals surface area contributed by atoms with E-state index >= 15 is 0 Å². The van der Waals surface area contributed by atoms with E-state index in [9.17, 15) is 0 Å². The third-order valence-electron chi connectivity index (χ3n) is 2.68. The van der Waals surface area contributed by atoms with Gasteiger partial charge in [0.05, 0.1) is 32.1 Å². The molecule has 0 bridgehead atoms. The van der Waals surface area contributed by atoms with E-state index in [4.69, 9.17) is 45.3 Å². The molecule has 0 aliphatic carbocycles. The van der Waals surface area contributed by atoms with Gasteiger partial charge in [-0.2, -0.15) is 5.10 Å². The standard InChI is InChI=1S/C12H12Cl3N3O/c1-6-12(15)10(18(2)17-6)5-19-11-4-8(14)7(13)3-9(11)16/h3-4H,5,16H2,1-2H3. The van der Waals surface area contributed by atoms with Crippen LogP contribution >= 0.6 is 34.8 Å². The van der Waals surface area contributed by atoms with Crippen LogP contribution in [0.25, 0.3) is 0 Å². The predicted molar refractivity (Wildman–Crippen MR) is 78.2 cm³/mol. The summed E-state index contributed by atoms with van der Waals surface area (Å²) in [6, 6.07) is 3.13. The van der Waals surface area contributed by atoms with Crippen LogP contribution in [0, 0.1) is 6.92 Å². The highest BCUT2D eigenvalue weighted by Crippen LogP contribution is 2.33. The maximum atomic E-state index is 6.13. The van der Waals surface area contributed by atoms with Gasteiger partial charge in [0.1, 0.15) is 12.4 Å². The third kappa shape index (κ3) is 2.91. The van der Waals surface area contributed by atoms with Crippen molar-refractivity contribution in [3.63, 3.8) is 0 Å². The highest BCUT2D eigenvalue weighted by Gasteiger charge is 2.13. The van der Waals surface area contributed by atoms with Gasteiger partial charge in [0.15, 0.2) is 0 Å². The molecule has 0 unspecified atom stereocenters. The number of benzene rings is 1. The largest absolute Gasteiger partial charge is 0.485 e. The Morgan fingerprint density at radius 3 is 2.47 bits per heavy atom. The number of aryl methyl sites for hydroxylation is 2. The first-order valence-corrected chi connectivity index (χ1v) is 6.58. The number of hydrogen-bond acceptors (Lipinski definition) is 3. The van der Waals surface area contributed by atoms with Gasteiger partial charge in [0, 0.05) is 13.1 Å². The van der Waals surface area contributed by atoms with Gasteiger partial charge in [-0.3, -0.25) is 4.68 Å². The van der Waals surface area contributed by atoms with E-state index < -0.39 is 0 Å². The van der Waals surface area contributed by atoms with Gasteiger partial charge >= 0.3 is 0 Å². The average Bonchev–Trinajstić information content (AvgIpc) is 2.57. The second kappa shape index (κ2) is 5.49. The van der Waals surface area contributed by atoms with Crippen molar-refractivity contribution in [1.29, 1.82) is 0 Å². The Hall–Kier alpha value is -1.10. The molecule has 4 nitrogen and oxygen atoms in total. The summed E-state index contributed by atoms with van der Waals surface area (Å²) in [6.45, 7) is 2.08. The molecule has 1 aromatic heterocycles. The molecule has 0 saturated heterocycles. The number of nitrogen functional groups attached to an aromatic ring is 1. The van der Waals surface area contributed by atoms with Crippen molar-refractivity contribution >= 4 is 40.5 Å². The predicted octanol–water partition coefficient (Wildman–Crippen LogP) is 3.85. The number of hydrogen-bond donors (Lipinski definition) is 1. The molecule has 0 spiro atoms. The molecular weight excluding hydrogens is 309 g/mol.